The van der Waals surface area contributed by atoms with Gasteiger partial charge < -0.3 is 15.4 Å². The minimum atomic E-state index is -1.08. The molecule has 2 amide bonds. The Hall–Kier alpha value is -2.64. The minimum absolute atomic E-state index is 0.114. The first-order valence-electron chi connectivity index (χ1n) is 7.47. The van der Waals surface area contributed by atoms with Gasteiger partial charge in [0.1, 0.15) is 0 Å². The summed E-state index contributed by atoms with van der Waals surface area (Å²) in [6.07, 6.45) is 0.252. The molecule has 0 fully saturated rings. The number of benzene rings is 1. The number of ether oxygens (including phenoxy) is 1. The topological polar surface area (TPSA) is 97.4 Å². The van der Waals surface area contributed by atoms with E-state index < -0.39 is 18.0 Å². The number of carbonyl (C=O) groups is 3. The van der Waals surface area contributed by atoms with Crippen molar-refractivity contribution >= 4 is 52.5 Å². The van der Waals surface area contributed by atoms with Crippen LogP contribution in [0.25, 0.3) is 0 Å². The van der Waals surface area contributed by atoms with Crippen LogP contribution in [0, 0.1) is 0 Å². The van der Waals surface area contributed by atoms with Crippen molar-refractivity contribution in [3.8, 4) is 0 Å². The number of halogens is 2. The molecule has 0 saturated carbocycles. The zero-order valence-corrected chi connectivity index (χ0v) is 15.4. The van der Waals surface area contributed by atoms with E-state index in [-0.39, 0.29) is 22.3 Å². The van der Waals surface area contributed by atoms with Gasteiger partial charge in [-0.1, -0.05) is 23.2 Å². The maximum Gasteiger partial charge on any atom is 0.338 e. The number of rotatable bonds is 5. The molecule has 2 rings (SSSR count). The molecule has 0 unspecified atom stereocenters. The average Bonchev–Trinajstić information content (AvgIpc) is 2.57. The number of nitrogens with one attached hydrogen (secondary N) is 2. The first-order valence-corrected chi connectivity index (χ1v) is 8.22. The van der Waals surface area contributed by atoms with Crippen molar-refractivity contribution in [2.45, 2.75) is 20.0 Å². The molecule has 1 atom stereocenters. The third kappa shape index (κ3) is 5.44. The first-order chi connectivity index (χ1) is 12.3. The molecular formula is C17H15Cl2N3O4. The molecule has 0 aliphatic carbocycles. The van der Waals surface area contributed by atoms with Gasteiger partial charge in [0.05, 0.1) is 15.6 Å². The van der Waals surface area contributed by atoms with Crippen LogP contribution in [0.1, 0.15) is 24.2 Å². The van der Waals surface area contributed by atoms with Gasteiger partial charge in [-0.15, -0.1) is 0 Å². The lowest BCUT2D eigenvalue weighted by molar-refractivity contribution is -0.123. The van der Waals surface area contributed by atoms with Gasteiger partial charge in [0.25, 0.3) is 5.91 Å². The summed E-state index contributed by atoms with van der Waals surface area (Å²) >= 11 is 11.7. The summed E-state index contributed by atoms with van der Waals surface area (Å²) < 4.78 is 5.12. The summed E-state index contributed by atoms with van der Waals surface area (Å²) in [5.41, 5.74) is 0.782. The van der Waals surface area contributed by atoms with Crippen molar-refractivity contribution in [1.82, 2.24) is 4.98 Å². The van der Waals surface area contributed by atoms with Gasteiger partial charge in [-0.25, -0.2) is 9.78 Å². The second-order valence-corrected chi connectivity index (χ2v) is 6.12. The van der Waals surface area contributed by atoms with E-state index in [2.05, 4.69) is 15.6 Å². The van der Waals surface area contributed by atoms with Crippen LogP contribution in [0.5, 0.6) is 0 Å². The normalized spacial score (nSPS) is 11.4. The number of hydrogen-bond acceptors (Lipinski definition) is 5. The highest BCUT2D eigenvalue weighted by atomic mass is 35.5. The fourth-order valence-electron chi connectivity index (χ4n) is 1.90. The Balaban J connectivity index is 1.97. The van der Waals surface area contributed by atoms with Crippen molar-refractivity contribution < 1.29 is 19.1 Å². The van der Waals surface area contributed by atoms with E-state index in [0.717, 1.165) is 0 Å². The van der Waals surface area contributed by atoms with Crippen LogP contribution in [0.4, 0.5) is 11.5 Å². The third-order valence-corrected chi connectivity index (χ3v) is 3.64. The molecule has 0 radical (unpaired) electrons. The second kappa shape index (κ2) is 8.64. The summed E-state index contributed by atoms with van der Waals surface area (Å²) in [6, 6.07) is 7.50. The predicted molar refractivity (Wildman–Crippen MR) is 98.5 cm³/mol. The highest BCUT2D eigenvalue weighted by molar-refractivity contribution is 6.36. The third-order valence-electron chi connectivity index (χ3n) is 3.14. The molecule has 7 nitrogen and oxygen atoms in total. The molecule has 0 spiro atoms. The zero-order valence-electron chi connectivity index (χ0n) is 13.9. The molecule has 0 aliphatic heterocycles. The SMILES string of the molecule is CC(=O)Nc1ccc(C(=O)O[C@@H](C)C(=O)Nc2ncc(Cl)cc2Cl)cc1. The van der Waals surface area contributed by atoms with Crippen LogP contribution < -0.4 is 10.6 Å². The number of pyridine rings is 1. The van der Waals surface area contributed by atoms with Gasteiger partial charge in [0, 0.05) is 18.8 Å². The Bertz CT molecular complexity index is 840. The van der Waals surface area contributed by atoms with Crippen LogP contribution in [-0.2, 0) is 14.3 Å². The summed E-state index contributed by atoms with van der Waals surface area (Å²) in [6.45, 7) is 2.80. The van der Waals surface area contributed by atoms with Crippen LogP contribution in [-0.4, -0.2) is 28.9 Å². The Kier molecular flexibility index (Phi) is 6.54. The molecule has 136 valence electrons. The lowest BCUT2D eigenvalue weighted by Crippen LogP contribution is -2.30. The average molecular weight is 396 g/mol. The lowest BCUT2D eigenvalue weighted by atomic mass is 10.2. The quantitative estimate of drug-likeness (QED) is 0.754. The number of nitrogens with zero attached hydrogens (tertiary/aromatic N) is 1. The number of amides is 2. The van der Waals surface area contributed by atoms with Crippen LogP contribution in [0.3, 0.4) is 0 Å². The maximum absolute atomic E-state index is 12.1. The standard InChI is InChI=1S/C17H15Cl2N3O4/c1-9(16(24)22-15-14(19)7-12(18)8-20-15)26-17(25)11-3-5-13(6-4-11)21-10(2)23/h3-9H,1-2H3,(H,21,23)(H,20,22,24)/t9-/m0/s1. The maximum atomic E-state index is 12.1. The molecule has 26 heavy (non-hydrogen) atoms. The summed E-state index contributed by atoms with van der Waals surface area (Å²) in [5.74, 6) is -1.38. The van der Waals surface area contributed by atoms with Crippen molar-refractivity contribution in [2.24, 2.45) is 0 Å². The number of aromatic nitrogens is 1. The van der Waals surface area contributed by atoms with E-state index in [0.29, 0.717) is 10.7 Å². The van der Waals surface area contributed by atoms with Crippen LogP contribution >= 0.6 is 23.2 Å². The van der Waals surface area contributed by atoms with Crippen molar-refractivity contribution in [1.29, 1.82) is 0 Å². The largest absolute Gasteiger partial charge is 0.449 e. The predicted octanol–water partition coefficient (Wildman–Crippen LogP) is 3.53. The van der Waals surface area contributed by atoms with Gasteiger partial charge in [-0.3, -0.25) is 9.59 Å². The van der Waals surface area contributed by atoms with Crippen molar-refractivity contribution in [3.05, 3.63) is 52.1 Å². The van der Waals surface area contributed by atoms with E-state index in [1.807, 2.05) is 0 Å². The number of esters is 1. The summed E-state index contributed by atoms with van der Waals surface area (Å²) in [4.78, 5) is 39.1. The summed E-state index contributed by atoms with van der Waals surface area (Å²) in [7, 11) is 0. The Morgan fingerprint density at radius 3 is 2.35 bits per heavy atom. The molecule has 1 heterocycles. The van der Waals surface area contributed by atoms with E-state index in [1.54, 1.807) is 12.1 Å². The summed E-state index contributed by atoms with van der Waals surface area (Å²) in [5, 5.41) is 5.54. The van der Waals surface area contributed by atoms with E-state index in [4.69, 9.17) is 27.9 Å². The van der Waals surface area contributed by atoms with Gasteiger partial charge >= 0.3 is 5.97 Å². The molecule has 9 heteroatoms. The monoisotopic (exact) mass is 395 g/mol. The minimum Gasteiger partial charge on any atom is -0.449 e. The number of carbonyl (C=O) groups excluding carboxylic acids is 3. The number of hydrogen-bond donors (Lipinski definition) is 2. The fourth-order valence-corrected chi connectivity index (χ4v) is 2.33. The molecule has 2 N–H and O–H groups in total. The van der Waals surface area contributed by atoms with Gasteiger partial charge in [-0.05, 0) is 37.3 Å². The zero-order chi connectivity index (χ0) is 19.3. The smallest absolute Gasteiger partial charge is 0.338 e. The molecule has 0 aliphatic rings. The van der Waals surface area contributed by atoms with Crippen LogP contribution in [0.15, 0.2) is 36.5 Å². The lowest BCUT2D eigenvalue weighted by Gasteiger charge is -2.14. The van der Waals surface area contributed by atoms with Crippen molar-refractivity contribution in [3.63, 3.8) is 0 Å². The molecule has 2 aromatic rings. The van der Waals surface area contributed by atoms with Crippen LogP contribution in [0.2, 0.25) is 10.0 Å². The fraction of sp³-hybridized carbons (Fsp3) is 0.176. The van der Waals surface area contributed by atoms with Gasteiger partial charge in [0.2, 0.25) is 5.91 Å². The molecule has 1 aromatic heterocycles. The van der Waals surface area contributed by atoms with E-state index >= 15 is 0 Å². The molecule has 0 bridgehead atoms. The Morgan fingerprint density at radius 2 is 1.77 bits per heavy atom. The van der Waals surface area contributed by atoms with Gasteiger partial charge in [-0.2, -0.15) is 0 Å². The highest BCUT2D eigenvalue weighted by Crippen LogP contribution is 2.22. The van der Waals surface area contributed by atoms with Crippen molar-refractivity contribution in [2.75, 3.05) is 10.6 Å². The second-order valence-electron chi connectivity index (χ2n) is 5.28. The Morgan fingerprint density at radius 1 is 1.12 bits per heavy atom. The molecular weight excluding hydrogens is 381 g/mol. The van der Waals surface area contributed by atoms with E-state index in [9.17, 15) is 14.4 Å². The Labute approximate surface area is 159 Å². The first kappa shape index (κ1) is 19.7. The highest BCUT2D eigenvalue weighted by Gasteiger charge is 2.20. The van der Waals surface area contributed by atoms with E-state index in [1.165, 1.54) is 38.2 Å². The molecule has 1 aromatic carbocycles. The molecule has 0 saturated heterocycles. The number of anilines is 2. The van der Waals surface area contributed by atoms with Gasteiger partial charge in [0.15, 0.2) is 11.9 Å².